The van der Waals surface area contributed by atoms with Crippen molar-refractivity contribution in [3.8, 4) is 5.75 Å². The number of alkyl carbamates (subject to hydrolysis) is 1. The van der Waals surface area contributed by atoms with Gasteiger partial charge in [-0.1, -0.05) is 60.7 Å². The topological polar surface area (TPSA) is 145 Å². The quantitative estimate of drug-likeness (QED) is 0.0784. The van der Waals surface area contributed by atoms with Crippen molar-refractivity contribution >= 4 is 17.9 Å². The lowest BCUT2D eigenvalue weighted by Gasteiger charge is -2.22. The van der Waals surface area contributed by atoms with Gasteiger partial charge in [-0.3, -0.25) is 10.2 Å². The number of amidine groups is 1. The molecule has 1 amide bonds. The minimum absolute atomic E-state index is 0.161. The van der Waals surface area contributed by atoms with Crippen LogP contribution in [0.5, 0.6) is 5.75 Å². The van der Waals surface area contributed by atoms with Crippen molar-refractivity contribution in [2.24, 2.45) is 5.90 Å². The van der Waals surface area contributed by atoms with Gasteiger partial charge in [-0.2, -0.15) is 0 Å². The Kier molecular flexibility index (Phi) is 11.7. The van der Waals surface area contributed by atoms with Gasteiger partial charge in [-0.25, -0.2) is 15.5 Å². The van der Waals surface area contributed by atoms with Gasteiger partial charge in [0.1, 0.15) is 23.8 Å². The molecule has 0 aliphatic rings. The van der Waals surface area contributed by atoms with Crippen LogP contribution in [0.15, 0.2) is 84.9 Å². The van der Waals surface area contributed by atoms with Crippen molar-refractivity contribution < 1.29 is 28.6 Å². The van der Waals surface area contributed by atoms with Crippen LogP contribution >= 0.6 is 0 Å². The molecule has 0 saturated carbocycles. The average Bonchev–Trinajstić information content (AvgIpc) is 2.96. The standard InChI is InChI=1S/C31H38N4O6/c1-31(2,3)40-30(37)35-20-10-19-34-28(32)24-15-17-25(18-16-24)38-21-26(41-33)29(36)39-27(22-11-6-4-7-12-22)23-13-8-5-9-14-23/h4-9,11-18,26-27H,10,19-21,33H2,1-3H3,(H2,32,34)(H,35,37). The van der Waals surface area contributed by atoms with Crippen molar-refractivity contribution in [3.05, 3.63) is 102 Å². The van der Waals surface area contributed by atoms with E-state index in [1.807, 2.05) is 60.7 Å². The van der Waals surface area contributed by atoms with Gasteiger partial charge in [0, 0.05) is 18.7 Å². The zero-order chi connectivity index (χ0) is 29.7. The van der Waals surface area contributed by atoms with E-state index in [9.17, 15) is 9.59 Å². The molecule has 218 valence electrons. The highest BCUT2D eigenvalue weighted by Crippen LogP contribution is 2.26. The van der Waals surface area contributed by atoms with E-state index in [2.05, 4.69) is 10.6 Å². The van der Waals surface area contributed by atoms with Crippen molar-refractivity contribution in [1.29, 1.82) is 5.41 Å². The number of amides is 1. The summed E-state index contributed by atoms with van der Waals surface area (Å²) in [6, 6.07) is 25.6. The SMILES string of the molecule is CC(C)(C)OC(=O)NCCCNC(=N)c1ccc(OCC(ON)C(=O)OC(c2ccccc2)c2ccccc2)cc1. The minimum atomic E-state index is -1.15. The highest BCUT2D eigenvalue weighted by Gasteiger charge is 2.27. The van der Waals surface area contributed by atoms with Crippen LogP contribution in [-0.2, 0) is 19.1 Å². The van der Waals surface area contributed by atoms with E-state index >= 15 is 0 Å². The zero-order valence-corrected chi connectivity index (χ0v) is 23.6. The Labute approximate surface area is 240 Å². The molecule has 3 aromatic rings. The molecule has 10 nitrogen and oxygen atoms in total. The minimum Gasteiger partial charge on any atom is -0.490 e. The molecule has 0 radical (unpaired) electrons. The second-order valence-electron chi connectivity index (χ2n) is 10.2. The summed E-state index contributed by atoms with van der Waals surface area (Å²) in [4.78, 5) is 29.5. The fourth-order valence-electron chi connectivity index (χ4n) is 3.74. The van der Waals surface area contributed by atoms with E-state index in [-0.39, 0.29) is 12.4 Å². The average molecular weight is 563 g/mol. The first-order chi connectivity index (χ1) is 19.7. The lowest BCUT2D eigenvalue weighted by atomic mass is 10.0. The van der Waals surface area contributed by atoms with Crippen LogP contribution in [0.2, 0.25) is 0 Å². The zero-order valence-electron chi connectivity index (χ0n) is 23.6. The number of nitrogens with one attached hydrogen (secondary N) is 3. The predicted octanol–water partition coefficient (Wildman–Crippen LogP) is 4.49. The fraction of sp³-hybridized carbons (Fsp3) is 0.323. The van der Waals surface area contributed by atoms with Crippen molar-refractivity contribution in [1.82, 2.24) is 10.6 Å². The maximum atomic E-state index is 13.0. The smallest absolute Gasteiger partial charge is 0.407 e. The molecule has 3 aromatic carbocycles. The van der Waals surface area contributed by atoms with E-state index in [1.165, 1.54) is 0 Å². The van der Waals surface area contributed by atoms with Gasteiger partial charge in [-0.15, -0.1) is 0 Å². The van der Waals surface area contributed by atoms with E-state index in [1.54, 1.807) is 45.0 Å². The first-order valence-electron chi connectivity index (χ1n) is 13.3. The monoisotopic (exact) mass is 562 g/mol. The Hall–Kier alpha value is -4.41. The number of benzene rings is 3. The number of hydrogen-bond donors (Lipinski definition) is 4. The molecule has 0 fully saturated rings. The maximum Gasteiger partial charge on any atom is 0.407 e. The molecule has 1 atom stereocenters. The highest BCUT2D eigenvalue weighted by molar-refractivity contribution is 5.96. The van der Waals surface area contributed by atoms with E-state index in [0.717, 1.165) is 11.1 Å². The summed E-state index contributed by atoms with van der Waals surface area (Å²) in [5.74, 6) is 5.46. The number of carbonyl (C=O) groups is 2. The van der Waals surface area contributed by atoms with Crippen LogP contribution < -0.4 is 21.3 Å². The number of ether oxygens (including phenoxy) is 3. The fourth-order valence-corrected chi connectivity index (χ4v) is 3.74. The second kappa shape index (κ2) is 15.4. The second-order valence-corrected chi connectivity index (χ2v) is 10.2. The number of esters is 1. The molecule has 0 aliphatic heterocycles. The first-order valence-corrected chi connectivity index (χ1v) is 13.3. The van der Waals surface area contributed by atoms with Crippen LogP contribution in [0, 0.1) is 5.41 Å². The molecule has 0 saturated heterocycles. The Morgan fingerprint density at radius 1 is 0.854 bits per heavy atom. The third-order valence-electron chi connectivity index (χ3n) is 5.73. The molecular weight excluding hydrogens is 524 g/mol. The summed E-state index contributed by atoms with van der Waals surface area (Å²) >= 11 is 0. The van der Waals surface area contributed by atoms with E-state index < -0.39 is 29.9 Å². The molecule has 0 aromatic heterocycles. The van der Waals surface area contributed by atoms with Gasteiger partial charge in [0.05, 0.1) is 0 Å². The summed E-state index contributed by atoms with van der Waals surface area (Å²) < 4.78 is 16.7. The Balaban J connectivity index is 1.47. The van der Waals surface area contributed by atoms with Gasteiger partial charge in [0.15, 0.2) is 6.10 Å². The van der Waals surface area contributed by atoms with Gasteiger partial charge in [0.2, 0.25) is 6.10 Å². The van der Waals surface area contributed by atoms with Crippen LogP contribution in [0.1, 0.15) is 50.0 Å². The van der Waals surface area contributed by atoms with E-state index in [4.69, 9.17) is 30.4 Å². The molecule has 1 unspecified atom stereocenters. The van der Waals surface area contributed by atoms with Crippen molar-refractivity contribution in [2.75, 3.05) is 19.7 Å². The van der Waals surface area contributed by atoms with Crippen LogP contribution in [0.25, 0.3) is 0 Å². The molecule has 41 heavy (non-hydrogen) atoms. The maximum absolute atomic E-state index is 13.0. The van der Waals surface area contributed by atoms with E-state index in [0.29, 0.717) is 30.8 Å². The molecule has 10 heteroatoms. The summed E-state index contributed by atoms with van der Waals surface area (Å²) in [6.07, 6.45) is -1.63. The lowest BCUT2D eigenvalue weighted by molar-refractivity contribution is -0.163. The van der Waals surface area contributed by atoms with Crippen LogP contribution in [0.4, 0.5) is 4.79 Å². The summed E-state index contributed by atoms with van der Waals surface area (Å²) in [5, 5.41) is 13.9. The van der Waals surface area contributed by atoms with Gasteiger partial charge in [-0.05, 0) is 62.6 Å². The molecular formula is C31H38N4O6. The Bertz CT molecular complexity index is 1210. The normalized spacial score (nSPS) is 11.8. The van der Waals surface area contributed by atoms with Gasteiger partial charge < -0.3 is 24.8 Å². The van der Waals surface area contributed by atoms with Crippen molar-refractivity contribution in [2.45, 2.75) is 45.0 Å². The lowest BCUT2D eigenvalue weighted by Crippen LogP contribution is -2.35. The first kappa shape index (κ1) is 31.1. The highest BCUT2D eigenvalue weighted by atomic mass is 16.7. The van der Waals surface area contributed by atoms with Crippen LogP contribution in [0.3, 0.4) is 0 Å². The number of hydrogen-bond acceptors (Lipinski definition) is 8. The number of carbonyl (C=O) groups excluding carboxylic acids is 2. The van der Waals surface area contributed by atoms with Crippen molar-refractivity contribution in [3.63, 3.8) is 0 Å². The number of nitrogens with two attached hydrogens (primary N) is 1. The summed E-state index contributed by atoms with van der Waals surface area (Å²) in [5.41, 5.74) is 1.73. The van der Waals surface area contributed by atoms with Gasteiger partial charge in [0.25, 0.3) is 0 Å². The predicted molar refractivity (Wildman–Crippen MR) is 156 cm³/mol. The number of rotatable bonds is 13. The third-order valence-corrected chi connectivity index (χ3v) is 5.73. The summed E-state index contributed by atoms with van der Waals surface area (Å²) in [7, 11) is 0. The Morgan fingerprint density at radius 2 is 1.41 bits per heavy atom. The largest absolute Gasteiger partial charge is 0.490 e. The van der Waals surface area contributed by atoms with Gasteiger partial charge >= 0.3 is 12.1 Å². The third kappa shape index (κ3) is 10.6. The molecule has 0 heterocycles. The molecule has 0 spiro atoms. The summed E-state index contributed by atoms with van der Waals surface area (Å²) in [6.45, 7) is 6.17. The Morgan fingerprint density at radius 3 is 1.95 bits per heavy atom. The van der Waals surface area contributed by atoms with Crippen LogP contribution in [-0.4, -0.2) is 49.3 Å². The molecule has 5 N–H and O–H groups in total. The molecule has 3 rings (SSSR count). The molecule has 0 bridgehead atoms. The molecule has 0 aliphatic carbocycles.